The van der Waals surface area contributed by atoms with Crippen molar-refractivity contribution in [1.29, 1.82) is 0 Å². The summed E-state index contributed by atoms with van der Waals surface area (Å²) in [6.07, 6.45) is 1.35. The maximum Gasteiger partial charge on any atom is 0.387 e. The lowest BCUT2D eigenvalue weighted by molar-refractivity contribution is -0.136. The fraction of sp³-hybridized carbons (Fsp3) is 0.353. The second-order valence-electron chi connectivity index (χ2n) is 5.60. The zero-order valence-corrected chi connectivity index (χ0v) is 14.9. The highest BCUT2D eigenvalue weighted by Crippen LogP contribution is 2.39. The van der Waals surface area contributed by atoms with Crippen LogP contribution in [0.3, 0.4) is 0 Å². The molecule has 27 heavy (non-hydrogen) atoms. The maximum absolute atomic E-state index is 12.6. The first kappa shape index (κ1) is 18.6. The minimum absolute atomic E-state index is 0.0938. The van der Waals surface area contributed by atoms with Gasteiger partial charge in [0.15, 0.2) is 11.5 Å². The topological polar surface area (TPSA) is 87.5 Å². The Morgan fingerprint density at radius 1 is 1.37 bits per heavy atom. The number of nitrogens with one attached hydrogen (secondary N) is 1. The zero-order valence-electron chi connectivity index (χ0n) is 14.9. The Kier molecular flexibility index (Phi) is 5.24. The number of ether oxygens (including phenoxy) is 3. The van der Waals surface area contributed by atoms with Gasteiger partial charge in [-0.1, -0.05) is 6.07 Å². The predicted octanol–water partition coefficient (Wildman–Crippen LogP) is 2.74. The number of allylic oxidation sites excluding steroid dienone is 1. The van der Waals surface area contributed by atoms with Gasteiger partial charge in [-0.05, 0) is 31.5 Å². The Hall–Kier alpha value is -3.17. The molecule has 2 aromatic rings. The smallest absolute Gasteiger partial charge is 0.387 e. The number of methoxy groups -OCH3 is 1. The fourth-order valence-electron chi connectivity index (χ4n) is 2.93. The van der Waals surface area contributed by atoms with E-state index in [1.165, 1.54) is 24.2 Å². The first-order valence-corrected chi connectivity index (χ1v) is 8.13. The van der Waals surface area contributed by atoms with Crippen molar-refractivity contribution >= 4 is 11.9 Å². The molecule has 1 unspecified atom stereocenters. The first-order chi connectivity index (χ1) is 13.0. The Labute approximate surface area is 153 Å². The van der Waals surface area contributed by atoms with Crippen LogP contribution in [0.25, 0.3) is 0 Å². The molecular weight excluding hydrogens is 362 g/mol. The van der Waals surface area contributed by atoms with Crippen LogP contribution in [0.5, 0.6) is 11.5 Å². The van der Waals surface area contributed by atoms with E-state index in [-0.39, 0.29) is 18.1 Å². The van der Waals surface area contributed by atoms with Crippen molar-refractivity contribution in [3.8, 4) is 11.5 Å². The van der Waals surface area contributed by atoms with E-state index in [1.807, 2.05) is 0 Å². The third kappa shape index (κ3) is 3.55. The van der Waals surface area contributed by atoms with Gasteiger partial charge in [0.25, 0.3) is 0 Å². The van der Waals surface area contributed by atoms with Crippen molar-refractivity contribution in [3.05, 3.63) is 41.4 Å². The Bertz CT molecular complexity index is 882. The second-order valence-corrected chi connectivity index (χ2v) is 5.60. The van der Waals surface area contributed by atoms with Gasteiger partial charge in [-0.25, -0.2) is 9.48 Å². The number of rotatable bonds is 6. The maximum atomic E-state index is 12.6. The molecule has 1 atom stereocenters. The standard InChI is InChI=1S/C17H18F2N4O4/c1-4-26-12-7-10(5-6-11(12)27-16(18)19)14-13(15(24)25-3)9(2)22-17-20-8-21-23(14)17/h5-8,14,16H,4H2,1-3H3,(H,20,21,22). The van der Waals surface area contributed by atoms with E-state index in [2.05, 4.69) is 20.1 Å². The minimum atomic E-state index is -2.98. The molecule has 1 aliphatic rings. The molecule has 0 amide bonds. The molecule has 3 rings (SSSR count). The number of alkyl halides is 2. The monoisotopic (exact) mass is 380 g/mol. The summed E-state index contributed by atoms with van der Waals surface area (Å²) in [6.45, 7) is 0.712. The number of hydrogen-bond acceptors (Lipinski definition) is 7. The van der Waals surface area contributed by atoms with Gasteiger partial charge in [0.05, 0.1) is 19.3 Å². The molecule has 8 nitrogen and oxygen atoms in total. The van der Waals surface area contributed by atoms with Gasteiger partial charge in [0.1, 0.15) is 12.4 Å². The van der Waals surface area contributed by atoms with Crippen molar-refractivity contribution in [2.45, 2.75) is 26.5 Å². The summed E-state index contributed by atoms with van der Waals surface area (Å²) in [5.74, 6) is -0.0610. The van der Waals surface area contributed by atoms with Gasteiger partial charge in [0.2, 0.25) is 5.95 Å². The summed E-state index contributed by atoms with van der Waals surface area (Å²) in [5, 5.41) is 7.17. The van der Waals surface area contributed by atoms with E-state index in [9.17, 15) is 13.6 Å². The average molecular weight is 380 g/mol. The second kappa shape index (κ2) is 7.60. The highest BCUT2D eigenvalue weighted by atomic mass is 19.3. The summed E-state index contributed by atoms with van der Waals surface area (Å²) in [5.41, 5.74) is 1.45. The molecule has 1 aromatic carbocycles. The van der Waals surface area contributed by atoms with Crippen LogP contribution in [0.1, 0.15) is 25.5 Å². The summed E-state index contributed by atoms with van der Waals surface area (Å²) in [6, 6.07) is 3.81. The summed E-state index contributed by atoms with van der Waals surface area (Å²) in [4.78, 5) is 16.5. The SMILES string of the molecule is CCOc1cc(C2C(C(=O)OC)=C(C)Nc3ncnn32)ccc1OC(F)F. The summed E-state index contributed by atoms with van der Waals surface area (Å²) >= 11 is 0. The van der Waals surface area contributed by atoms with Crippen LogP contribution in [0.15, 0.2) is 35.8 Å². The Morgan fingerprint density at radius 3 is 2.81 bits per heavy atom. The molecule has 2 heterocycles. The van der Waals surface area contributed by atoms with Crippen LogP contribution >= 0.6 is 0 Å². The van der Waals surface area contributed by atoms with Crippen LogP contribution in [-0.2, 0) is 9.53 Å². The number of halogens is 2. The van der Waals surface area contributed by atoms with Crippen molar-refractivity contribution < 1.29 is 27.8 Å². The molecule has 0 aliphatic carbocycles. The Balaban J connectivity index is 2.12. The lowest BCUT2D eigenvalue weighted by atomic mass is 9.95. The van der Waals surface area contributed by atoms with Crippen molar-refractivity contribution in [2.24, 2.45) is 0 Å². The number of benzene rings is 1. The van der Waals surface area contributed by atoms with E-state index in [0.717, 1.165) is 0 Å². The molecule has 0 saturated carbocycles. The normalized spacial score (nSPS) is 16.0. The molecule has 0 saturated heterocycles. The molecular formula is C17H18F2N4O4. The Morgan fingerprint density at radius 2 is 2.15 bits per heavy atom. The average Bonchev–Trinajstić information content (AvgIpc) is 3.09. The number of aromatic nitrogens is 3. The van der Waals surface area contributed by atoms with Gasteiger partial charge < -0.3 is 19.5 Å². The van der Waals surface area contributed by atoms with E-state index >= 15 is 0 Å². The van der Waals surface area contributed by atoms with E-state index in [4.69, 9.17) is 9.47 Å². The molecule has 0 bridgehead atoms. The molecule has 1 aliphatic heterocycles. The predicted molar refractivity (Wildman–Crippen MR) is 90.7 cm³/mol. The molecule has 10 heteroatoms. The van der Waals surface area contributed by atoms with Gasteiger partial charge in [0, 0.05) is 5.70 Å². The number of carbonyl (C=O) groups excluding carboxylic acids is 1. The number of fused-ring (bicyclic) bond motifs is 1. The van der Waals surface area contributed by atoms with E-state index in [0.29, 0.717) is 22.8 Å². The molecule has 1 aromatic heterocycles. The fourth-order valence-corrected chi connectivity index (χ4v) is 2.93. The molecule has 0 radical (unpaired) electrons. The number of carbonyl (C=O) groups is 1. The quantitative estimate of drug-likeness (QED) is 0.771. The van der Waals surface area contributed by atoms with Crippen molar-refractivity contribution in [2.75, 3.05) is 19.0 Å². The van der Waals surface area contributed by atoms with Gasteiger partial charge in [-0.2, -0.15) is 18.9 Å². The number of anilines is 1. The van der Waals surface area contributed by atoms with Gasteiger partial charge in [-0.15, -0.1) is 0 Å². The van der Waals surface area contributed by atoms with Crippen LogP contribution in [0, 0.1) is 0 Å². The number of hydrogen-bond donors (Lipinski definition) is 1. The van der Waals surface area contributed by atoms with Crippen molar-refractivity contribution in [3.63, 3.8) is 0 Å². The molecule has 0 spiro atoms. The third-order valence-electron chi connectivity index (χ3n) is 4.00. The van der Waals surface area contributed by atoms with Gasteiger partial charge in [-0.3, -0.25) is 0 Å². The highest BCUT2D eigenvalue weighted by Gasteiger charge is 2.34. The van der Waals surface area contributed by atoms with Crippen molar-refractivity contribution in [1.82, 2.24) is 14.8 Å². The van der Waals surface area contributed by atoms with Crippen LogP contribution < -0.4 is 14.8 Å². The number of esters is 1. The highest BCUT2D eigenvalue weighted by molar-refractivity contribution is 5.92. The van der Waals surface area contributed by atoms with Gasteiger partial charge >= 0.3 is 12.6 Å². The summed E-state index contributed by atoms with van der Waals surface area (Å²) < 4.78 is 41.6. The first-order valence-electron chi connectivity index (χ1n) is 8.13. The van der Waals surface area contributed by atoms with Crippen LogP contribution in [0.4, 0.5) is 14.7 Å². The largest absolute Gasteiger partial charge is 0.490 e. The van der Waals surface area contributed by atoms with Crippen LogP contribution in [-0.4, -0.2) is 41.1 Å². The lowest BCUT2D eigenvalue weighted by Gasteiger charge is -2.28. The van der Waals surface area contributed by atoms with E-state index < -0.39 is 18.6 Å². The van der Waals surface area contributed by atoms with Crippen LogP contribution in [0.2, 0.25) is 0 Å². The third-order valence-corrected chi connectivity index (χ3v) is 4.00. The zero-order chi connectivity index (χ0) is 19.6. The molecule has 0 fully saturated rings. The number of nitrogens with zero attached hydrogens (tertiary/aromatic N) is 3. The minimum Gasteiger partial charge on any atom is -0.490 e. The molecule has 144 valence electrons. The lowest BCUT2D eigenvalue weighted by Crippen LogP contribution is -2.29. The molecule has 1 N–H and O–H groups in total. The van der Waals surface area contributed by atoms with E-state index in [1.54, 1.807) is 26.0 Å². The summed E-state index contributed by atoms with van der Waals surface area (Å²) in [7, 11) is 1.28.